The largest absolute Gasteiger partial charge is 0.306 e. The van der Waals surface area contributed by atoms with Gasteiger partial charge < -0.3 is 4.90 Å². The molecule has 1 aliphatic heterocycles. The van der Waals surface area contributed by atoms with E-state index in [1.165, 1.54) is 45.2 Å². The standard InChI is InChI=1S/C13H23N/c1-11-4-5-13(10-12(11)2)6-8-14(3)9-7-13/h4-10H2,1-3H3. The highest BCUT2D eigenvalue weighted by Gasteiger charge is 2.35. The molecule has 1 aliphatic carbocycles. The number of nitrogens with zero attached hydrogens (tertiary/aromatic N) is 1. The van der Waals surface area contributed by atoms with Crippen molar-refractivity contribution in [3.8, 4) is 0 Å². The van der Waals surface area contributed by atoms with Gasteiger partial charge in [0.25, 0.3) is 0 Å². The Morgan fingerprint density at radius 3 is 2.21 bits per heavy atom. The molecule has 0 unspecified atom stereocenters. The van der Waals surface area contributed by atoms with Crippen molar-refractivity contribution in [1.29, 1.82) is 0 Å². The molecule has 2 rings (SSSR count). The minimum atomic E-state index is 0.691. The number of likely N-dealkylation sites (tertiary alicyclic amines) is 1. The van der Waals surface area contributed by atoms with Gasteiger partial charge in [-0.2, -0.15) is 0 Å². The summed E-state index contributed by atoms with van der Waals surface area (Å²) in [6.45, 7) is 7.28. The van der Waals surface area contributed by atoms with E-state index in [0.29, 0.717) is 5.41 Å². The topological polar surface area (TPSA) is 3.24 Å². The van der Waals surface area contributed by atoms with Crippen LogP contribution in [-0.2, 0) is 0 Å². The normalized spacial score (nSPS) is 28.5. The maximum Gasteiger partial charge on any atom is -0.00164 e. The summed E-state index contributed by atoms with van der Waals surface area (Å²) in [5.41, 5.74) is 4.03. The monoisotopic (exact) mass is 193 g/mol. The van der Waals surface area contributed by atoms with E-state index in [2.05, 4.69) is 25.8 Å². The SMILES string of the molecule is CC1=C(C)CC2(CC1)CCN(C)CC2. The van der Waals surface area contributed by atoms with Crippen LogP contribution in [-0.4, -0.2) is 25.0 Å². The van der Waals surface area contributed by atoms with Crippen LogP contribution in [0.5, 0.6) is 0 Å². The van der Waals surface area contributed by atoms with Gasteiger partial charge in [0.15, 0.2) is 0 Å². The molecule has 14 heavy (non-hydrogen) atoms. The summed E-state index contributed by atoms with van der Waals surface area (Å²) in [5, 5.41) is 0. The fourth-order valence-electron chi connectivity index (χ4n) is 2.99. The van der Waals surface area contributed by atoms with Crippen molar-refractivity contribution in [2.24, 2.45) is 5.41 Å². The third-order valence-electron chi connectivity index (χ3n) is 4.45. The highest BCUT2D eigenvalue weighted by atomic mass is 15.1. The lowest BCUT2D eigenvalue weighted by atomic mass is 9.67. The van der Waals surface area contributed by atoms with Crippen LogP contribution < -0.4 is 0 Å². The van der Waals surface area contributed by atoms with Gasteiger partial charge in [0.2, 0.25) is 0 Å². The van der Waals surface area contributed by atoms with E-state index in [0.717, 1.165) is 0 Å². The Labute approximate surface area is 88.2 Å². The number of hydrogen-bond acceptors (Lipinski definition) is 1. The van der Waals surface area contributed by atoms with Crippen molar-refractivity contribution in [3.63, 3.8) is 0 Å². The number of hydrogen-bond donors (Lipinski definition) is 0. The number of allylic oxidation sites excluding steroid dienone is 2. The molecule has 0 atom stereocenters. The van der Waals surface area contributed by atoms with Crippen LogP contribution in [0.2, 0.25) is 0 Å². The lowest BCUT2D eigenvalue weighted by molar-refractivity contribution is 0.106. The summed E-state index contributed by atoms with van der Waals surface area (Å²) >= 11 is 0. The van der Waals surface area contributed by atoms with Crippen molar-refractivity contribution in [3.05, 3.63) is 11.1 Å². The highest BCUT2D eigenvalue weighted by molar-refractivity contribution is 5.17. The van der Waals surface area contributed by atoms with Crippen LogP contribution >= 0.6 is 0 Å². The van der Waals surface area contributed by atoms with E-state index in [1.807, 2.05) is 0 Å². The summed E-state index contributed by atoms with van der Waals surface area (Å²) in [7, 11) is 2.25. The van der Waals surface area contributed by atoms with Crippen LogP contribution in [0.3, 0.4) is 0 Å². The zero-order valence-electron chi connectivity index (χ0n) is 9.90. The van der Waals surface area contributed by atoms with Gasteiger partial charge in [0.05, 0.1) is 0 Å². The highest BCUT2D eigenvalue weighted by Crippen LogP contribution is 2.46. The fourth-order valence-corrected chi connectivity index (χ4v) is 2.99. The molecule has 0 radical (unpaired) electrons. The molecule has 0 saturated carbocycles. The molecule has 0 bridgehead atoms. The van der Waals surface area contributed by atoms with Crippen LogP contribution in [0.4, 0.5) is 0 Å². The second kappa shape index (κ2) is 3.69. The average Bonchev–Trinajstić information content (AvgIpc) is 2.18. The van der Waals surface area contributed by atoms with E-state index in [-0.39, 0.29) is 0 Å². The third kappa shape index (κ3) is 1.88. The van der Waals surface area contributed by atoms with Crippen LogP contribution in [0, 0.1) is 5.41 Å². The van der Waals surface area contributed by atoms with Crippen molar-refractivity contribution in [1.82, 2.24) is 4.90 Å². The Morgan fingerprint density at radius 1 is 1.00 bits per heavy atom. The first kappa shape index (κ1) is 10.2. The van der Waals surface area contributed by atoms with Gasteiger partial charge in [-0.05, 0) is 71.5 Å². The van der Waals surface area contributed by atoms with Crippen molar-refractivity contribution in [2.75, 3.05) is 20.1 Å². The third-order valence-corrected chi connectivity index (χ3v) is 4.45. The van der Waals surface area contributed by atoms with Crippen LogP contribution in [0.25, 0.3) is 0 Å². The molecule has 2 aliphatic rings. The minimum absolute atomic E-state index is 0.691. The Bertz CT molecular complexity index is 244. The lowest BCUT2D eigenvalue weighted by Gasteiger charge is -2.44. The first-order chi connectivity index (χ1) is 6.61. The molecule has 1 saturated heterocycles. The smallest absolute Gasteiger partial charge is 0.00164 e. The first-order valence-corrected chi connectivity index (χ1v) is 5.95. The summed E-state index contributed by atoms with van der Waals surface area (Å²) in [5.74, 6) is 0. The molecule has 1 fully saturated rings. The van der Waals surface area contributed by atoms with Gasteiger partial charge in [-0.1, -0.05) is 11.1 Å². The average molecular weight is 193 g/mol. The molecule has 1 heterocycles. The maximum atomic E-state index is 2.48. The lowest BCUT2D eigenvalue weighted by Crippen LogP contribution is -2.39. The van der Waals surface area contributed by atoms with E-state index in [9.17, 15) is 0 Å². The Kier molecular flexibility index (Phi) is 2.70. The molecule has 0 aromatic heterocycles. The first-order valence-electron chi connectivity index (χ1n) is 5.95. The van der Waals surface area contributed by atoms with Gasteiger partial charge in [-0.25, -0.2) is 0 Å². The second-order valence-corrected chi connectivity index (χ2v) is 5.54. The Morgan fingerprint density at radius 2 is 1.64 bits per heavy atom. The minimum Gasteiger partial charge on any atom is -0.306 e. The predicted octanol–water partition coefficient (Wildman–Crippen LogP) is 3.22. The van der Waals surface area contributed by atoms with Gasteiger partial charge in [0, 0.05) is 0 Å². The molecule has 0 aromatic rings. The van der Waals surface area contributed by atoms with Crippen LogP contribution in [0.15, 0.2) is 11.1 Å². The Balaban J connectivity index is 2.05. The molecule has 1 nitrogen and oxygen atoms in total. The molecule has 0 amide bonds. The molecular formula is C13H23N. The second-order valence-electron chi connectivity index (χ2n) is 5.54. The number of piperidine rings is 1. The van der Waals surface area contributed by atoms with Crippen molar-refractivity contribution >= 4 is 0 Å². The summed E-state index contributed by atoms with van der Waals surface area (Å²) in [6, 6.07) is 0. The fraction of sp³-hybridized carbons (Fsp3) is 0.846. The zero-order chi connectivity index (χ0) is 10.2. The van der Waals surface area contributed by atoms with Crippen molar-refractivity contribution in [2.45, 2.75) is 46.0 Å². The van der Waals surface area contributed by atoms with E-state index in [1.54, 1.807) is 11.1 Å². The molecule has 0 aromatic carbocycles. The molecule has 1 spiro atoms. The van der Waals surface area contributed by atoms with E-state index < -0.39 is 0 Å². The van der Waals surface area contributed by atoms with Gasteiger partial charge >= 0.3 is 0 Å². The summed E-state index contributed by atoms with van der Waals surface area (Å²) in [6.07, 6.45) is 7.04. The van der Waals surface area contributed by atoms with E-state index >= 15 is 0 Å². The summed E-state index contributed by atoms with van der Waals surface area (Å²) < 4.78 is 0. The van der Waals surface area contributed by atoms with Gasteiger partial charge in [0.1, 0.15) is 0 Å². The molecule has 1 heteroatoms. The predicted molar refractivity (Wildman–Crippen MR) is 61.4 cm³/mol. The zero-order valence-corrected chi connectivity index (χ0v) is 9.90. The Hall–Kier alpha value is -0.300. The van der Waals surface area contributed by atoms with Crippen molar-refractivity contribution < 1.29 is 0 Å². The van der Waals surface area contributed by atoms with E-state index in [4.69, 9.17) is 0 Å². The van der Waals surface area contributed by atoms with Gasteiger partial charge in [-0.15, -0.1) is 0 Å². The maximum absolute atomic E-state index is 2.48. The van der Waals surface area contributed by atoms with Crippen LogP contribution in [0.1, 0.15) is 46.0 Å². The molecular weight excluding hydrogens is 170 g/mol. The number of rotatable bonds is 0. The van der Waals surface area contributed by atoms with Gasteiger partial charge in [-0.3, -0.25) is 0 Å². The molecule has 0 N–H and O–H groups in total. The summed E-state index contributed by atoms with van der Waals surface area (Å²) in [4.78, 5) is 2.48. The quantitative estimate of drug-likeness (QED) is 0.534. The molecule has 80 valence electrons.